The van der Waals surface area contributed by atoms with Crippen LogP contribution in [0.15, 0.2) is 46.1 Å². The number of aliphatic hydroxyl groups excluding tert-OH is 1. The number of hydrogen-bond donors (Lipinski definition) is 2. The highest BCUT2D eigenvalue weighted by atomic mass is 16.3. The number of aliphatic hydroxyl groups is 1. The first-order valence-corrected chi connectivity index (χ1v) is 7.57. The Morgan fingerprint density at radius 1 is 1.25 bits per heavy atom. The molecule has 3 heteroatoms. The molecule has 0 aromatic rings. The van der Waals surface area contributed by atoms with Gasteiger partial charge in [0.15, 0.2) is 0 Å². The van der Waals surface area contributed by atoms with Crippen molar-refractivity contribution in [3.05, 3.63) is 46.1 Å². The Bertz CT molecular complexity index is 606. The van der Waals surface area contributed by atoms with Gasteiger partial charge in [0.05, 0.1) is 6.10 Å². The molecule has 2 fully saturated rings. The van der Waals surface area contributed by atoms with Gasteiger partial charge in [-0.25, -0.2) is 0 Å². The first-order valence-electron chi connectivity index (χ1n) is 7.57. The van der Waals surface area contributed by atoms with E-state index in [9.17, 15) is 9.90 Å². The highest BCUT2D eigenvalue weighted by Gasteiger charge is 2.35. The van der Waals surface area contributed by atoms with Crippen LogP contribution < -0.4 is 5.32 Å². The van der Waals surface area contributed by atoms with Crippen molar-refractivity contribution in [2.24, 2.45) is 5.92 Å². The monoisotopic (exact) mass is 269 g/mol. The summed E-state index contributed by atoms with van der Waals surface area (Å²) in [6.07, 6.45) is 11.1. The molecule has 0 heterocycles. The molecule has 104 valence electrons. The predicted octanol–water partition coefficient (Wildman–Crippen LogP) is 2.16. The third-order valence-electron chi connectivity index (χ3n) is 4.91. The van der Waals surface area contributed by atoms with E-state index in [-0.39, 0.29) is 17.9 Å². The maximum absolute atomic E-state index is 12.3. The summed E-state index contributed by atoms with van der Waals surface area (Å²) in [7, 11) is 0. The van der Waals surface area contributed by atoms with Gasteiger partial charge in [0, 0.05) is 18.0 Å². The van der Waals surface area contributed by atoms with Crippen LogP contribution in [0.1, 0.15) is 32.1 Å². The van der Waals surface area contributed by atoms with Crippen molar-refractivity contribution in [2.75, 3.05) is 6.54 Å². The normalized spacial score (nSPS) is 30.4. The molecule has 0 unspecified atom stereocenters. The zero-order valence-corrected chi connectivity index (χ0v) is 11.5. The molecule has 2 N–H and O–H groups in total. The van der Waals surface area contributed by atoms with Gasteiger partial charge >= 0.3 is 0 Å². The summed E-state index contributed by atoms with van der Waals surface area (Å²) in [6, 6.07) is 0. The Morgan fingerprint density at radius 3 is 2.95 bits per heavy atom. The SMILES string of the molecule is O=C(NC[C@H]1CCCC[C@H]1O)C1=C2C=C3CC3=C2C=C1. The van der Waals surface area contributed by atoms with Crippen LogP contribution in [0.3, 0.4) is 0 Å². The Balaban J connectivity index is 1.42. The molecule has 2 atom stereocenters. The first kappa shape index (κ1) is 12.2. The maximum Gasteiger partial charge on any atom is 0.251 e. The van der Waals surface area contributed by atoms with Crippen molar-refractivity contribution in [1.29, 1.82) is 0 Å². The van der Waals surface area contributed by atoms with Crippen molar-refractivity contribution >= 4 is 5.91 Å². The second-order valence-electron chi connectivity index (χ2n) is 6.22. The molecule has 0 bridgehead atoms. The Morgan fingerprint density at radius 2 is 2.10 bits per heavy atom. The number of carbonyl (C=O) groups excluding carboxylic acids is 1. The Hall–Kier alpha value is -1.61. The fourth-order valence-electron chi connectivity index (χ4n) is 3.58. The third kappa shape index (κ3) is 1.88. The zero-order chi connectivity index (χ0) is 13.7. The van der Waals surface area contributed by atoms with Crippen LogP contribution in [0, 0.1) is 5.92 Å². The maximum atomic E-state index is 12.3. The fraction of sp³-hybridized carbons (Fsp3) is 0.471. The molecule has 0 radical (unpaired) electrons. The van der Waals surface area contributed by atoms with E-state index >= 15 is 0 Å². The van der Waals surface area contributed by atoms with Crippen LogP contribution in [0.4, 0.5) is 0 Å². The highest BCUT2D eigenvalue weighted by Crippen LogP contribution is 2.51. The number of carbonyl (C=O) groups is 1. The Kier molecular flexibility index (Phi) is 2.71. The van der Waals surface area contributed by atoms with Crippen LogP contribution in [-0.2, 0) is 4.79 Å². The molecular formula is C17H19NO2. The average molecular weight is 269 g/mol. The zero-order valence-electron chi connectivity index (χ0n) is 11.5. The molecule has 1 amide bonds. The number of amides is 1. The number of fused-ring (bicyclic) bond motifs is 2. The van der Waals surface area contributed by atoms with Gasteiger partial charge in [-0.3, -0.25) is 4.79 Å². The second kappa shape index (κ2) is 4.45. The number of hydrogen-bond acceptors (Lipinski definition) is 2. The summed E-state index contributed by atoms with van der Waals surface area (Å²) in [6.45, 7) is 0.590. The van der Waals surface area contributed by atoms with Crippen molar-refractivity contribution < 1.29 is 9.90 Å². The standard InChI is InChI=1S/C17H19NO2/c19-16-4-2-1-3-10(16)9-18-17(20)13-6-5-12-14-7-11(14)8-15(12)13/h5-6,8,10,16,19H,1-4,7,9H2,(H,18,20)/t10-,16-/m1/s1. The van der Waals surface area contributed by atoms with Gasteiger partial charge in [-0.15, -0.1) is 0 Å². The summed E-state index contributed by atoms with van der Waals surface area (Å²) in [5.41, 5.74) is 5.96. The minimum Gasteiger partial charge on any atom is -0.393 e. The van der Waals surface area contributed by atoms with Crippen LogP contribution >= 0.6 is 0 Å². The van der Waals surface area contributed by atoms with E-state index < -0.39 is 0 Å². The number of nitrogens with one attached hydrogen (secondary N) is 1. The van der Waals surface area contributed by atoms with Gasteiger partial charge in [0.25, 0.3) is 5.91 Å². The molecule has 3 nitrogen and oxygen atoms in total. The lowest BCUT2D eigenvalue weighted by molar-refractivity contribution is -0.117. The second-order valence-corrected chi connectivity index (χ2v) is 6.22. The van der Waals surface area contributed by atoms with Crippen molar-refractivity contribution in [3.63, 3.8) is 0 Å². The summed E-state index contributed by atoms with van der Waals surface area (Å²) < 4.78 is 0. The largest absolute Gasteiger partial charge is 0.393 e. The molecule has 0 saturated heterocycles. The van der Waals surface area contributed by atoms with E-state index in [1.165, 1.54) is 16.7 Å². The lowest BCUT2D eigenvalue weighted by Crippen LogP contribution is -2.37. The molecule has 2 saturated carbocycles. The molecular weight excluding hydrogens is 250 g/mol. The van der Waals surface area contributed by atoms with Crippen LogP contribution in [0.25, 0.3) is 0 Å². The third-order valence-corrected chi connectivity index (χ3v) is 4.91. The lowest BCUT2D eigenvalue weighted by Gasteiger charge is -2.27. The molecule has 0 aromatic carbocycles. The molecule has 20 heavy (non-hydrogen) atoms. The number of rotatable bonds is 3. The fourth-order valence-corrected chi connectivity index (χ4v) is 3.58. The average Bonchev–Trinajstić information content (AvgIpc) is 2.93. The molecule has 0 aliphatic heterocycles. The van der Waals surface area contributed by atoms with Crippen molar-refractivity contribution in [3.8, 4) is 0 Å². The van der Waals surface area contributed by atoms with Gasteiger partial charge in [-0.2, -0.15) is 0 Å². The Labute approximate surface area is 118 Å². The van der Waals surface area contributed by atoms with Gasteiger partial charge in [0.1, 0.15) is 0 Å². The first-order chi connectivity index (χ1) is 9.74. The molecule has 0 aromatic heterocycles. The van der Waals surface area contributed by atoms with Crippen LogP contribution in [-0.4, -0.2) is 23.7 Å². The van der Waals surface area contributed by atoms with Gasteiger partial charge < -0.3 is 10.4 Å². The van der Waals surface area contributed by atoms with E-state index in [1.807, 2.05) is 6.08 Å². The van der Waals surface area contributed by atoms with Crippen LogP contribution in [0.5, 0.6) is 0 Å². The number of allylic oxidation sites excluding steroid dienone is 6. The van der Waals surface area contributed by atoms with E-state index in [1.54, 1.807) is 0 Å². The van der Waals surface area contributed by atoms with Crippen molar-refractivity contribution in [2.45, 2.75) is 38.2 Å². The smallest absolute Gasteiger partial charge is 0.251 e. The molecule has 0 spiro atoms. The lowest BCUT2D eigenvalue weighted by atomic mass is 9.86. The highest BCUT2D eigenvalue weighted by molar-refractivity contribution is 6.01. The molecule has 4 rings (SSSR count). The van der Waals surface area contributed by atoms with E-state index in [0.717, 1.165) is 43.3 Å². The minimum atomic E-state index is -0.250. The molecule has 4 aliphatic rings. The van der Waals surface area contributed by atoms with Gasteiger partial charge in [-0.1, -0.05) is 18.9 Å². The van der Waals surface area contributed by atoms with E-state index in [0.29, 0.717) is 6.54 Å². The van der Waals surface area contributed by atoms with Crippen LogP contribution in [0.2, 0.25) is 0 Å². The molecule has 4 aliphatic carbocycles. The summed E-state index contributed by atoms with van der Waals surface area (Å²) >= 11 is 0. The van der Waals surface area contributed by atoms with Crippen molar-refractivity contribution in [1.82, 2.24) is 5.32 Å². The van der Waals surface area contributed by atoms with Gasteiger partial charge in [-0.05, 0) is 53.7 Å². The van der Waals surface area contributed by atoms with E-state index in [2.05, 4.69) is 17.5 Å². The minimum absolute atomic E-state index is 0.00257. The quantitative estimate of drug-likeness (QED) is 0.825. The summed E-state index contributed by atoms with van der Waals surface area (Å²) in [4.78, 5) is 12.3. The summed E-state index contributed by atoms with van der Waals surface area (Å²) in [5.74, 6) is 0.222. The summed E-state index contributed by atoms with van der Waals surface area (Å²) in [5, 5.41) is 13.0. The van der Waals surface area contributed by atoms with Gasteiger partial charge in [0.2, 0.25) is 0 Å². The predicted molar refractivity (Wildman–Crippen MR) is 76.9 cm³/mol. The van der Waals surface area contributed by atoms with E-state index in [4.69, 9.17) is 0 Å². The topological polar surface area (TPSA) is 49.3 Å².